The smallest absolute Gasteiger partial charge is 0.251 e. The lowest BCUT2D eigenvalue weighted by Gasteiger charge is -2.56. The number of nitrogens with one attached hydrogen (secondary N) is 1. The summed E-state index contributed by atoms with van der Waals surface area (Å²) in [5.74, 6) is 3.01. The fraction of sp³-hybridized carbons (Fsp3) is 0.500. The lowest BCUT2D eigenvalue weighted by Crippen LogP contribution is -2.51. The molecule has 4 saturated carbocycles. The second-order valence-electron chi connectivity index (χ2n) is 13.7. The van der Waals surface area contributed by atoms with Gasteiger partial charge < -0.3 is 15.3 Å². The first kappa shape index (κ1) is 27.5. The van der Waals surface area contributed by atoms with Crippen LogP contribution in [0.3, 0.4) is 0 Å². The Balaban J connectivity index is 0.917. The van der Waals surface area contributed by atoms with Crippen LogP contribution >= 0.6 is 0 Å². The molecule has 6 heteroatoms. The van der Waals surface area contributed by atoms with E-state index in [0.717, 1.165) is 80.1 Å². The summed E-state index contributed by atoms with van der Waals surface area (Å²) in [6, 6.07) is 16.6. The molecule has 0 spiro atoms. The van der Waals surface area contributed by atoms with E-state index in [-0.39, 0.29) is 11.7 Å². The molecule has 3 aromatic rings. The van der Waals surface area contributed by atoms with Gasteiger partial charge >= 0.3 is 0 Å². The van der Waals surface area contributed by atoms with E-state index >= 15 is 0 Å². The van der Waals surface area contributed by atoms with Crippen molar-refractivity contribution < 1.29 is 9.90 Å². The molecule has 1 saturated heterocycles. The highest BCUT2D eigenvalue weighted by atomic mass is 16.3. The van der Waals surface area contributed by atoms with Gasteiger partial charge in [-0.05, 0) is 115 Å². The Kier molecular flexibility index (Phi) is 7.43. The molecule has 2 aromatic carbocycles. The first-order chi connectivity index (χ1) is 20.4. The van der Waals surface area contributed by atoms with Crippen LogP contribution in [-0.4, -0.2) is 53.6 Å². The van der Waals surface area contributed by atoms with E-state index in [2.05, 4.69) is 57.4 Å². The lowest BCUT2D eigenvalue weighted by atomic mass is 9.49. The molecular formula is C36H44N4O2. The van der Waals surface area contributed by atoms with Gasteiger partial charge in [0.25, 0.3) is 5.91 Å². The normalized spacial score (nSPS) is 26.9. The molecule has 5 aliphatic rings. The van der Waals surface area contributed by atoms with E-state index in [1.165, 1.54) is 61.5 Å². The minimum Gasteiger partial charge on any atom is -0.506 e. The molecule has 0 unspecified atom stereocenters. The number of hydrogen-bond donors (Lipinski definition) is 2. The summed E-state index contributed by atoms with van der Waals surface area (Å²) >= 11 is 0. The standard InChI is InChI=1S/C36H44N4O2/c1-2-28-16-30(32-17-34(41)22-37-21-32)3-4-31(28)23-39-9-11-40(12-10-39)33-7-5-29(6-8-33)35(42)38-24-36-18-25-13-26(19-36)15-27(14-25)20-36/h3-8,16-17,21-22,25-27,41H,2,9-15,18-20,23-24H2,1H3,(H,38,42). The van der Waals surface area contributed by atoms with E-state index in [9.17, 15) is 9.90 Å². The summed E-state index contributed by atoms with van der Waals surface area (Å²) in [5, 5.41) is 13.2. The number of carbonyl (C=O) groups excluding carboxylic acids is 1. The quantitative estimate of drug-likeness (QED) is 0.337. The summed E-state index contributed by atoms with van der Waals surface area (Å²) in [5.41, 5.74) is 7.09. The van der Waals surface area contributed by atoms with Crippen molar-refractivity contribution in [2.45, 2.75) is 58.4 Å². The number of aromatic hydroxyl groups is 1. The summed E-state index contributed by atoms with van der Waals surface area (Å²) < 4.78 is 0. The molecule has 4 bridgehead atoms. The number of piperazine rings is 1. The lowest BCUT2D eigenvalue weighted by molar-refractivity contribution is -0.0503. The highest BCUT2D eigenvalue weighted by Crippen LogP contribution is 2.59. The van der Waals surface area contributed by atoms with Gasteiger partial charge in [-0.1, -0.05) is 25.1 Å². The zero-order valence-electron chi connectivity index (χ0n) is 24.9. The molecule has 2 N–H and O–H groups in total. The fourth-order valence-corrected chi connectivity index (χ4v) is 8.98. The zero-order chi connectivity index (χ0) is 28.7. The summed E-state index contributed by atoms with van der Waals surface area (Å²) in [4.78, 5) is 22.2. The monoisotopic (exact) mass is 564 g/mol. The van der Waals surface area contributed by atoms with Crippen LogP contribution in [0.1, 0.15) is 66.9 Å². The van der Waals surface area contributed by atoms with E-state index in [0.29, 0.717) is 5.41 Å². The van der Waals surface area contributed by atoms with Gasteiger partial charge in [0, 0.05) is 62.3 Å². The first-order valence-electron chi connectivity index (χ1n) is 16.1. The van der Waals surface area contributed by atoms with Crippen molar-refractivity contribution in [3.63, 3.8) is 0 Å². The maximum atomic E-state index is 13.1. The molecule has 1 aromatic heterocycles. The van der Waals surface area contributed by atoms with Crippen molar-refractivity contribution in [2.75, 3.05) is 37.6 Å². The van der Waals surface area contributed by atoms with Crippen LogP contribution in [0.25, 0.3) is 11.1 Å². The Morgan fingerprint density at radius 1 is 0.881 bits per heavy atom. The van der Waals surface area contributed by atoms with Gasteiger partial charge in [-0.3, -0.25) is 14.7 Å². The number of aromatic nitrogens is 1. The number of hydrogen-bond acceptors (Lipinski definition) is 5. The average molecular weight is 565 g/mol. The number of benzene rings is 2. The largest absolute Gasteiger partial charge is 0.506 e. The maximum absolute atomic E-state index is 13.1. The Labute approximate surface area is 250 Å². The average Bonchev–Trinajstić information content (AvgIpc) is 3.00. The number of amides is 1. The SMILES string of the molecule is CCc1cc(-c2cncc(O)c2)ccc1CN1CCN(c2ccc(C(=O)NCC34CC5CC(CC(C5)C3)C4)cc2)CC1. The van der Waals surface area contributed by atoms with Crippen LogP contribution in [-0.2, 0) is 13.0 Å². The molecular weight excluding hydrogens is 520 g/mol. The third-order valence-corrected chi connectivity index (χ3v) is 10.7. The number of nitrogens with zero attached hydrogens (tertiary/aromatic N) is 3. The Hall–Kier alpha value is -3.38. The van der Waals surface area contributed by atoms with Crippen molar-refractivity contribution in [2.24, 2.45) is 23.2 Å². The number of carbonyl (C=O) groups is 1. The van der Waals surface area contributed by atoms with Gasteiger partial charge in [0.05, 0.1) is 6.20 Å². The van der Waals surface area contributed by atoms with Crippen LogP contribution < -0.4 is 10.2 Å². The van der Waals surface area contributed by atoms with Crippen molar-refractivity contribution in [1.82, 2.24) is 15.2 Å². The highest BCUT2D eigenvalue weighted by molar-refractivity contribution is 5.94. The molecule has 6 nitrogen and oxygen atoms in total. The third-order valence-electron chi connectivity index (χ3n) is 10.7. The minimum absolute atomic E-state index is 0.0835. The zero-order valence-corrected chi connectivity index (χ0v) is 24.9. The topological polar surface area (TPSA) is 68.7 Å². The molecule has 4 aliphatic carbocycles. The summed E-state index contributed by atoms with van der Waals surface area (Å²) in [6.07, 6.45) is 12.5. The van der Waals surface area contributed by atoms with Crippen LogP contribution in [0.2, 0.25) is 0 Å². The predicted octanol–water partition coefficient (Wildman–Crippen LogP) is 6.29. The molecule has 220 valence electrons. The van der Waals surface area contributed by atoms with Gasteiger partial charge in [-0.25, -0.2) is 0 Å². The van der Waals surface area contributed by atoms with Gasteiger partial charge in [-0.15, -0.1) is 0 Å². The van der Waals surface area contributed by atoms with E-state index in [1.54, 1.807) is 12.3 Å². The molecule has 0 atom stereocenters. The van der Waals surface area contributed by atoms with Gasteiger partial charge in [0.15, 0.2) is 0 Å². The number of rotatable bonds is 8. The van der Waals surface area contributed by atoms with E-state index < -0.39 is 0 Å². The minimum atomic E-state index is 0.0835. The van der Waals surface area contributed by atoms with Gasteiger partial charge in [0.1, 0.15) is 5.75 Å². The van der Waals surface area contributed by atoms with Crippen LogP contribution in [0.4, 0.5) is 5.69 Å². The van der Waals surface area contributed by atoms with Crippen molar-refractivity contribution in [3.05, 3.63) is 77.6 Å². The fourth-order valence-electron chi connectivity index (χ4n) is 8.98. The molecule has 1 aliphatic heterocycles. The van der Waals surface area contributed by atoms with E-state index in [1.807, 2.05) is 12.1 Å². The Bertz CT molecular complexity index is 1390. The van der Waals surface area contributed by atoms with E-state index in [4.69, 9.17) is 0 Å². The molecule has 8 rings (SSSR count). The molecule has 0 radical (unpaired) electrons. The Morgan fingerprint density at radius 3 is 2.21 bits per heavy atom. The van der Waals surface area contributed by atoms with Crippen LogP contribution in [0.5, 0.6) is 5.75 Å². The highest BCUT2D eigenvalue weighted by Gasteiger charge is 2.50. The van der Waals surface area contributed by atoms with Gasteiger partial charge in [0.2, 0.25) is 0 Å². The van der Waals surface area contributed by atoms with Gasteiger partial charge in [-0.2, -0.15) is 0 Å². The van der Waals surface area contributed by atoms with Crippen molar-refractivity contribution in [1.29, 1.82) is 0 Å². The number of aryl methyl sites for hydroxylation is 1. The molecule has 5 fully saturated rings. The molecule has 1 amide bonds. The summed E-state index contributed by atoms with van der Waals surface area (Å²) in [7, 11) is 0. The predicted molar refractivity (Wildman–Crippen MR) is 168 cm³/mol. The Morgan fingerprint density at radius 2 is 1.57 bits per heavy atom. The number of anilines is 1. The first-order valence-corrected chi connectivity index (χ1v) is 16.1. The van der Waals surface area contributed by atoms with Crippen LogP contribution in [0, 0.1) is 23.2 Å². The molecule has 42 heavy (non-hydrogen) atoms. The second-order valence-corrected chi connectivity index (χ2v) is 13.7. The second kappa shape index (κ2) is 11.4. The molecule has 2 heterocycles. The third kappa shape index (κ3) is 5.66. The summed E-state index contributed by atoms with van der Waals surface area (Å²) in [6.45, 7) is 7.98. The number of pyridine rings is 1. The van der Waals surface area contributed by atoms with Crippen molar-refractivity contribution >= 4 is 11.6 Å². The van der Waals surface area contributed by atoms with Crippen LogP contribution in [0.15, 0.2) is 60.9 Å². The maximum Gasteiger partial charge on any atom is 0.251 e. The van der Waals surface area contributed by atoms with Crippen molar-refractivity contribution in [3.8, 4) is 16.9 Å².